The molecule has 0 radical (unpaired) electrons. The van der Waals surface area contributed by atoms with Gasteiger partial charge in [0.25, 0.3) is 5.91 Å². The Morgan fingerprint density at radius 1 is 1.00 bits per heavy atom. The largest absolute Gasteiger partial charge is 0.339 e. The zero-order chi connectivity index (χ0) is 25.7. The average molecular weight is 495 g/mol. The maximum atomic E-state index is 14.4. The first kappa shape index (κ1) is 26.1. The first-order valence-electron chi connectivity index (χ1n) is 13.3. The molecule has 1 atom stereocenters. The van der Waals surface area contributed by atoms with Gasteiger partial charge >= 0.3 is 6.03 Å². The Morgan fingerprint density at radius 2 is 1.69 bits per heavy atom. The third kappa shape index (κ3) is 5.89. The van der Waals surface area contributed by atoms with E-state index in [9.17, 15) is 14.0 Å². The summed E-state index contributed by atoms with van der Waals surface area (Å²) >= 11 is 0. The van der Waals surface area contributed by atoms with Gasteiger partial charge in [-0.15, -0.1) is 0 Å². The van der Waals surface area contributed by atoms with Gasteiger partial charge in [0.05, 0.1) is 6.54 Å². The molecule has 3 amide bonds. The normalized spacial score (nSPS) is 18.9. The van der Waals surface area contributed by atoms with Crippen LogP contribution in [0.25, 0.3) is 0 Å². The lowest BCUT2D eigenvalue weighted by molar-refractivity contribution is 0.0634. The molecule has 194 valence electrons. The highest BCUT2D eigenvalue weighted by molar-refractivity contribution is 5.97. The van der Waals surface area contributed by atoms with E-state index in [4.69, 9.17) is 0 Å². The highest BCUT2D eigenvalue weighted by Crippen LogP contribution is 2.27. The molecule has 2 heterocycles. The lowest BCUT2D eigenvalue weighted by Crippen LogP contribution is -2.49. The van der Waals surface area contributed by atoms with Gasteiger partial charge in [0.1, 0.15) is 5.82 Å². The summed E-state index contributed by atoms with van der Waals surface area (Å²) in [4.78, 5) is 32.5. The summed E-state index contributed by atoms with van der Waals surface area (Å²) in [6, 6.07) is 13.0. The summed E-state index contributed by atoms with van der Waals surface area (Å²) in [5.74, 6) is -0.145. The van der Waals surface area contributed by atoms with Gasteiger partial charge in [0.2, 0.25) is 0 Å². The van der Waals surface area contributed by atoms with E-state index >= 15 is 0 Å². The lowest BCUT2D eigenvalue weighted by Gasteiger charge is -2.37. The number of piperidine rings is 1. The van der Waals surface area contributed by atoms with E-state index in [-0.39, 0.29) is 30.3 Å². The molecule has 1 N–H and O–H groups in total. The summed E-state index contributed by atoms with van der Waals surface area (Å²) in [5, 5.41) is 2.99. The highest BCUT2D eigenvalue weighted by Gasteiger charge is 2.36. The topological polar surface area (TPSA) is 55.9 Å². The van der Waals surface area contributed by atoms with Crippen LogP contribution < -0.4 is 5.32 Å². The number of likely N-dealkylation sites (tertiary alicyclic amines) is 2. The molecule has 2 aromatic carbocycles. The minimum absolute atomic E-state index is 0.0377. The Hall–Kier alpha value is -2.93. The number of hydrogen-bond acceptors (Lipinski definition) is 3. The second-order valence-corrected chi connectivity index (χ2v) is 10.2. The summed E-state index contributed by atoms with van der Waals surface area (Å²) in [6.45, 7) is 10.1. The molecule has 2 aliphatic heterocycles. The maximum Gasteiger partial charge on any atom is 0.317 e. The van der Waals surface area contributed by atoms with Gasteiger partial charge in [0, 0.05) is 55.9 Å². The van der Waals surface area contributed by atoms with Gasteiger partial charge in [0.15, 0.2) is 0 Å². The van der Waals surface area contributed by atoms with Crippen molar-refractivity contribution in [2.45, 2.75) is 65.1 Å². The molecule has 36 heavy (non-hydrogen) atoms. The number of halogens is 1. The maximum absolute atomic E-state index is 14.4. The third-order valence-corrected chi connectivity index (χ3v) is 7.68. The molecule has 0 saturated carbocycles. The van der Waals surface area contributed by atoms with Crippen LogP contribution in [0.15, 0.2) is 42.5 Å². The van der Waals surface area contributed by atoms with Gasteiger partial charge in [-0.2, -0.15) is 0 Å². The average Bonchev–Trinajstić information content (AvgIpc) is 3.36. The molecule has 0 bridgehead atoms. The minimum atomic E-state index is -0.276. The summed E-state index contributed by atoms with van der Waals surface area (Å²) in [6.07, 6.45) is 3.59. The number of amides is 3. The molecule has 0 aliphatic carbocycles. The monoisotopic (exact) mass is 494 g/mol. The molecule has 2 saturated heterocycles. The second-order valence-electron chi connectivity index (χ2n) is 10.2. The Labute approximate surface area is 214 Å². The van der Waals surface area contributed by atoms with Crippen LogP contribution in [0.2, 0.25) is 0 Å². The van der Waals surface area contributed by atoms with Gasteiger partial charge in [-0.1, -0.05) is 43.3 Å². The van der Waals surface area contributed by atoms with Gasteiger partial charge in [-0.05, 0) is 56.7 Å². The van der Waals surface area contributed by atoms with Crippen molar-refractivity contribution < 1.29 is 14.0 Å². The number of carbonyl (C=O) groups excluding carboxylic acids is 2. The van der Waals surface area contributed by atoms with E-state index in [1.165, 1.54) is 6.07 Å². The molecule has 0 aromatic heterocycles. The van der Waals surface area contributed by atoms with E-state index in [1.54, 1.807) is 12.1 Å². The quantitative estimate of drug-likeness (QED) is 0.605. The van der Waals surface area contributed by atoms with E-state index in [2.05, 4.69) is 10.2 Å². The van der Waals surface area contributed by atoms with Crippen molar-refractivity contribution in [3.8, 4) is 0 Å². The van der Waals surface area contributed by atoms with Crippen LogP contribution in [0.1, 0.15) is 59.7 Å². The molecule has 7 heteroatoms. The van der Waals surface area contributed by atoms with Crippen molar-refractivity contribution >= 4 is 11.9 Å². The molecule has 2 aliphatic rings. The van der Waals surface area contributed by atoms with E-state index in [0.717, 1.165) is 68.6 Å². The van der Waals surface area contributed by atoms with E-state index < -0.39 is 0 Å². The number of rotatable bonds is 7. The molecule has 1 unspecified atom stereocenters. The summed E-state index contributed by atoms with van der Waals surface area (Å²) in [7, 11) is 0. The number of urea groups is 1. The van der Waals surface area contributed by atoms with Crippen molar-refractivity contribution in [2.24, 2.45) is 0 Å². The molecule has 0 spiro atoms. The van der Waals surface area contributed by atoms with Crippen molar-refractivity contribution in [1.82, 2.24) is 20.0 Å². The number of aryl methyl sites for hydroxylation is 2. The van der Waals surface area contributed by atoms with Crippen molar-refractivity contribution in [3.63, 3.8) is 0 Å². The molecule has 2 fully saturated rings. The molecule has 4 rings (SSSR count). The van der Waals surface area contributed by atoms with Crippen molar-refractivity contribution in [1.29, 1.82) is 0 Å². The summed E-state index contributed by atoms with van der Waals surface area (Å²) < 4.78 is 14.4. The zero-order valence-corrected chi connectivity index (χ0v) is 21.8. The molecular formula is C29H39FN4O2. The van der Waals surface area contributed by atoms with Crippen LogP contribution in [-0.2, 0) is 6.54 Å². The SMILES string of the molecule is CCCNC(=O)N(Cc1ccccc1F)C1CCN(C2CCN(C(=O)c3c(C)cccc3C)CC2)C1. The fraction of sp³-hybridized carbons (Fsp3) is 0.517. The van der Waals surface area contributed by atoms with Crippen LogP contribution in [0.3, 0.4) is 0 Å². The van der Waals surface area contributed by atoms with Crippen LogP contribution in [-0.4, -0.2) is 71.4 Å². The first-order chi connectivity index (χ1) is 17.4. The van der Waals surface area contributed by atoms with E-state index in [1.807, 2.05) is 54.8 Å². The Balaban J connectivity index is 1.37. The molecule has 6 nitrogen and oxygen atoms in total. The van der Waals surface area contributed by atoms with Crippen molar-refractivity contribution in [2.75, 3.05) is 32.7 Å². The van der Waals surface area contributed by atoms with Crippen LogP contribution >= 0.6 is 0 Å². The second kappa shape index (κ2) is 11.9. The number of nitrogens with one attached hydrogen (secondary N) is 1. The fourth-order valence-electron chi connectivity index (χ4n) is 5.61. The number of carbonyl (C=O) groups is 2. The molecule has 2 aromatic rings. The van der Waals surface area contributed by atoms with Gasteiger partial charge in [-0.3, -0.25) is 9.69 Å². The Bertz CT molecular complexity index is 1050. The number of hydrogen-bond donors (Lipinski definition) is 1. The fourth-order valence-corrected chi connectivity index (χ4v) is 5.61. The Kier molecular flexibility index (Phi) is 8.62. The minimum Gasteiger partial charge on any atom is -0.339 e. The highest BCUT2D eigenvalue weighted by atomic mass is 19.1. The Morgan fingerprint density at radius 3 is 2.36 bits per heavy atom. The first-order valence-corrected chi connectivity index (χ1v) is 13.3. The number of nitrogens with zero attached hydrogens (tertiary/aromatic N) is 3. The van der Waals surface area contributed by atoms with Gasteiger partial charge in [-0.25, -0.2) is 9.18 Å². The summed E-state index contributed by atoms with van der Waals surface area (Å²) in [5.41, 5.74) is 3.43. The van der Waals surface area contributed by atoms with Crippen molar-refractivity contribution in [3.05, 3.63) is 70.5 Å². The van der Waals surface area contributed by atoms with Gasteiger partial charge < -0.3 is 15.1 Å². The van der Waals surface area contributed by atoms with E-state index in [0.29, 0.717) is 18.2 Å². The predicted octanol–water partition coefficient (Wildman–Crippen LogP) is 4.74. The lowest BCUT2D eigenvalue weighted by atomic mass is 9.98. The smallest absolute Gasteiger partial charge is 0.317 e. The van der Waals surface area contributed by atoms with Crippen LogP contribution in [0.4, 0.5) is 9.18 Å². The standard InChI is InChI=1S/C29H39FN4O2/c1-4-15-31-29(36)34(19-23-10-5-6-11-26(23)30)25-14-18-33(20-25)24-12-16-32(17-13-24)28(35)27-21(2)8-7-9-22(27)3/h5-11,24-25H,4,12-20H2,1-3H3,(H,31,36). The molecular weight excluding hydrogens is 455 g/mol. The van der Waals surface area contributed by atoms with Crippen LogP contribution in [0, 0.1) is 19.7 Å². The third-order valence-electron chi connectivity index (χ3n) is 7.68. The zero-order valence-electron chi connectivity index (χ0n) is 21.8. The number of benzene rings is 2. The predicted molar refractivity (Wildman–Crippen MR) is 140 cm³/mol. The van der Waals surface area contributed by atoms with Crippen LogP contribution in [0.5, 0.6) is 0 Å².